The molecule has 0 saturated heterocycles. The van der Waals surface area contributed by atoms with E-state index < -0.39 is 0 Å². The van der Waals surface area contributed by atoms with Gasteiger partial charge in [0.25, 0.3) is 11.8 Å². The summed E-state index contributed by atoms with van der Waals surface area (Å²) in [5.41, 5.74) is 5.18. The van der Waals surface area contributed by atoms with Gasteiger partial charge in [0.1, 0.15) is 0 Å². The zero-order valence-electron chi connectivity index (χ0n) is 16.5. The number of hydrogen-bond donors (Lipinski definition) is 2. The molecule has 0 aromatic heterocycles. The van der Waals surface area contributed by atoms with Crippen LogP contribution in [-0.4, -0.2) is 38.0 Å². The minimum absolute atomic E-state index is 0.0667. The minimum atomic E-state index is -0.291. The van der Waals surface area contributed by atoms with E-state index in [1.165, 1.54) is 5.56 Å². The van der Waals surface area contributed by atoms with Crippen molar-refractivity contribution >= 4 is 23.2 Å². The molecule has 2 aromatic rings. The second-order valence-corrected chi connectivity index (χ2v) is 7.48. The molecule has 0 saturated carbocycles. The number of nitrogens with one attached hydrogen (secondary N) is 2. The molecule has 3 rings (SSSR count). The van der Waals surface area contributed by atoms with E-state index in [1.54, 1.807) is 0 Å². The second kappa shape index (κ2) is 7.92. The molecule has 5 nitrogen and oxygen atoms in total. The predicted molar refractivity (Wildman–Crippen MR) is 108 cm³/mol. The van der Waals surface area contributed by atoms with Crippen molar-refractivity contribution in [3.8, 4) is 0 Å². The van der Waals surface area contributed by atoms with E-state index in [-0.39, 0.29) is 24.4 Å². The highest BCUT2D eigenvalue weighted by atomic mass is 16.2. The Bertz CT molecular complexity index is 862. The van der Waals surface area contributed by atoms with E-state index in [0.717, 1.165) is 33.8 Å². The highest BCUT2D eigenvalue weighted by Crippen LogP contribution is 2.27. The first-order valence-electron chi connectivity index (χ1n) is 9.45. The maximum atomic E-state index is 13.0. The summed E-state index contributed by atoms with van der Waals surface area (Å²) in [5, 5.41) is 2.98. The van der Waals surface area contributed by atoms with Crippen LogP contribution in [0.15, 0.2) is 42.5 Å². The van der Waals surface area contributed by atoms with Crippen LogP contribution in [0.5, 0.6) is 0 Å². The number of rotatable bonds is 5. The number of anilines is 2. The van der Waals surface area contributed by atoms with Crippen LogP contribution in [-0.2, 0) is 16.0 Å². The van der Waals surface area contributed by atoms with Crippen molar-refractivity contribution in [2.45, 2.75) is 33.2 Å². The molecule has 27 heavy (non-hydrogen) atoms. The van der Waals surface area contributed by atoms with Gasteiger partial charge in [-0.25, -0.2) is 0 Å². The van der Waals surface area contributed by atoms with Crippen LogP contribution < -0.4 is 15.1 Å². The van der Waals surface area contributed by atoms with Crippen molar-refractivity contribution in [1.82, 2.24) is 0 Å². The summed E-state index contributed by atoms with van der Waals surface area (Å²) >= 11 is 0. The second-order valence-electron chi connectivity index (χ2n) is 7.48. The molecule has 1 aliphatic rings. The van der Waals surface area contributed by atoms with E-state index >= 15 is 0 Å². The predicted octanol–water partition coefficient (Wildman–Crippen LogP) is 1.73. The normalized spacial score (nSPS) is 15.2. The summed E-state index contributed by atoms with van der Waals surface area (Å²) in [6.45, 7) is 6.83. The lowest BCUT2D eigenvalue weighted by molar-refractivity contribution is -0.885. The lowest BCUT2D eigenvalue weighted by Crippen LogP contribution is -3.15. The van der Waals surface area contributed by atoms with E-state index in [1.807, 2.05) is 69.1 Å². The molecule has 1 aliphatic heterocycles. The Balaban J connectivity index is 1.62. The first kappa shape index (κ1) is 19.1. The third-order valence-electron chi connectivity index (χ3n) is 5.37. The van der Waals surface area contributed by atoms with Gasteiger partial charge in [-0.2, -0.15) is 0 Å². The summed E-state index contributed by atoms with van der Waals surface area (Å²) < 4.78 is 0. The molecular weight excluding hydrogens is 338 g/mol. The number of para-hydroxylation sites is 1. The Morgan fingerprint density at radius 1 is 1.19 bits per heavy atom. The summed E-state index contributed by atoms with van der Waals surface area (Å²) in [4.78, 5) is 28.2. The van der Waals surface area contributed by atoms with Gasteiger partial charge in [0.15, 0.2) is 12.6 Å². The molecule has 2 N–H and O–H groups in total. The van der Waals surface area contributed by atoms with Crippen LogP contribution in [0.4, 0.5) is 11.4 Å². The first-order valence-corrected chi connectivity index (χ1v) is 9.45. The van der Waals surface area contributed by atoms with E-state index in [2.05, 4.69) is 11.4 Å². The fourth-order valence-corrected chi connectivity index (χ4v) is 3.48. The number of carbonyl (C=O) groups excluding carboxylic acids is 2. The maximum Gasteiger partial charge on any atom is 0.284 e. The van der Waals surface area contributed by atoms with Gasteiger partial charge >= 0.3 is 0 Å². The highest BCUT2D eigenvalue weighted by Gasteiger charge is 2.32. The van der Waals surface area contributed by atoms with E-state index in [9.17, 15) is 9.59 Å². The Labute approximate surface area is 161 Å². The van der Waals surface area contributed by atoms with Gasteiger partial charge in [-0.15, -0.1) is 0 Å². The number of hydrogen-bond acceptors (Lipinski definition) is 2. The van der Waals surface area contributed by atoms with Crippen molar-refractivity contribution in [2.75, 3.05) is 30.4 Å². The summed E-state index contributed by atoms with van der Waals surface area (Å²) in [5.74, 6) is -0.0142. The van der Waals surface area contributed by atoms with Gasteiger partial charge < -0.3 is 15.1 Å². The Kier molecular flexibility index (Phi) is 5.61. The number of aryl methyl sites for hydroxylation is 2. The smallest absolute Gasteiger partial charge is 0.284 e. The molecule has 0 radical (unpaired) electrons. The molecule has 0 bridgehead atoms. The number of benzene rings is 2. The number of likely N-dealkylation sites (N-methyl/N-ethyl adjacent to an activating group) is 1. The van der Waals surface area contributed by atoms with Crippen molar-refractivity contribution in [3.05, 3.63) is 59.2 Å². The van der Waals surface area contributed by atoms with Crippen molar-refractivity contribution in [1.29, 1.82) is 0 Å². The SMILES string of the molecule is Cc1ccc(C)c(NC(=O)C[NH+](C)[C@H](C)C(=O)N2CCc3ccccc32)c1. The number of carbonyl (C=O) groups is 2. The zero-order valence-corrected chi connectivity index (χ0v) is 16.5. The van der Waals surface area contributed by atoms with E-state index in [4.69, 9.17) is 0 Å². The van der Waals surface area contributed by atoms with Gasteiger partial charge in [-0.1, -0.05) is 30.3 Å². The standard InChI is InChI=1S/C22H27N3O2/c1-15-9-10-16(2)19(13-15)23-21(26)14-24(4)17(3)22(27)25-12-11-18-7-5-6-8-20(18)25/h5-10,13,17H,11-12,14H2,1-4H3,(H,23,26)/p+1/t17-/m1/s1. The molecule has 2 amide bonds. The van der Waals surface area contributed by atoms with Gasteiger partial charge in [-0.05, 0) is 56.0 Å². The number of fused-ring (bicyclic) bond motifs is 1. The highest BCUT2D eigenvalue weighted by molar-refractivity contribution is 5.98. The quantitative estimate of drug-likeness (QED) is 0.847. The molecule has 0 fully saturated rings. The summed E-state index contributed by atoms with van der Waals surface area (Å²) in [6, 6.07) is 13.7. The third kappa shape index (κ3) is 4.19. The Morgan fingerprint density at radius 2 is 1.93 bits per heavy atom. The fourth-order valence-electron chi connectivity index (χ4n) is 3.48. The van der Waals surface area contributed by atoms with Gasteiger partial charge in [-0.3, -0.25) is 9.59 Å². The Hall–Kier alpha value is -2.66. The number of nitrogens with zero attached hydrogens (tertiary/aromatic N) is 1. The fraction of sp³-hybridized carbons (Fsp3) is 0.364. The molecule has 142 valence electrons. The van der Waals surface area contributed by atoms with Crippen LogP contribution in [0, 0.1) is 13.8 Å². The average molecular weight is 366 g/mol. The molecule has 2 atom stereocenters. The number of quaternary nitrogens is 1. The van der Waals surface area contributed by atoms with Crippen molar-refractivity contribution in [3.63, 3.8) is 0 Å². The van der Waals surface area contributed by atoms with Crippen LogP contribution >= 0.6 is 0 Å². The lowest BCUT2D eigenvalue weighted by atomic mass is 10.1. The molecule has 0 aliphatic carbocycles. The molecule has 1 heterocycles. The lowest BCUT2D eigenvalue weighted by Gasteiger charge is -2.25. The monoisotopic (exact) mass is 366 g/mol. The van der Waals surface area contributed by atoms with Crippen LogP contribution in [0.2, 0.25) is 0 Å². The largest absolute Gasteiger partial charge is 0.321 e. The number of amides is 2. The Morgan fingerprint density at radius 3 is 2.70 bits per heavy atom. The van der Waals surface area contributed by atoms with Crippen LogP contribution in [0.3, 0.4) is 0 Å². The molecular formula is C22H28N3O2+. The van der Waals surface area contributed by atoms with Gasteiger partial charge in [0.05, 0.1) is 7.05 Å². The molecule has 5 heteroatoms. The van der Waals surface area contributed by atoms with Gasteiger partial charge in [0.2, 0.25) is 0 Å². The van der Waals surface area contributed by atoms with Crippen LogP contribution in [0.25, 0.3) is 0 Å². The average Bonchev–Trinajstić information content (AvgIpc) is 3.07. The van der Waals surface area contributed by atoms with Crippen molar-refractivity contribution in [2.24, 2.45) is 0 Å². The van der Waals surface area contributed by atoms with Gasteiger partial charge in [0, 0.05) is 17.9 Å². The summed E-state index contributed by atoms with van der Waals surface area (Å²) in [6.07, 6.45) is 0.890. The van der Waals surface area contributed by atoms with Crippen molar-refractivity contribution < 1.29 is 14.5 Å². The first-order chi connectivity index (χ1) is 12.9. The summed E-state index contributed by atoms with van der Waals surface area (Å²) in [7, 11) is 1.90. The topological polar surface area (TPSA) is 53.9 Å². The zero-order chi connectivity index (χ0) is 19.6. The molecule has 0 spiro atoms. The molecule has 2 aromatic carbocycles. The third-order valence-corrected chi connectivity index (χ3v) is 5.37. The molecule has 1 unspecified atom stereocenters. The minimum Gasteiger partial charge on any atom is -0.321 e. The van der Waals surface area contributed by atoms with E-state index in [0.29, 0.717) is 6.54 Å². The van der Waals surface area contributed by atoms with Crippen LogP contribution in [0.1, 0.15) is 23.6 Å². The maximum absolute atomic E-state index is 13.0.